The fraction of sp³-hybridized carbons (Fsp3) is 0.381. The summed E-state index contributed by atoms with van der Waals surface area (Å²) in [5, 5.41) is 6.35. The molecule has 3 heterocycles. The van der Waals surface area contributed by atoms with E-state index >= 15 is 0 Å². The molecule has 7 heteroatoms. The summed E-state index contributed by atoms with van der Waals surface area (Å²) in [5.74, 6) is 0. The number of nitrogens with two attached hydrogens (primary N) is 1. The Hall–Kier alpha value is -1.37. The smallest absolute Gasteiger partial charge is 0.131 e. The van der Waals surface area contributed by atoms with E-state index in [9.17, 15) is 0 Å². The Morgan fingerprint density at radius 3 is 2.46 bits per heavy atom. The summed E-state index contributed by atoms with van der Waals surface area (Å²) < 4.78 is 6.09. The molecular weight excluding hydrogens is 413 g/mol. The maximum Gasteiger partial charge on any atom is 0.131 e. The van der Waals surface area contributed by atoms with E-state index in [0.29, 0.717) is 16.2 Å². The van der Waals surface area contributed by atoms with Crippen LogP contribution in [-0.4, -0.2) is 24.2 Å². The normalized spacial score (nSPS) is 13.9. The van der Waals surface area contributed by atoms with Gasteiger partial charge in [0.1, 0.15) is 10.7 Å². The highest BCUT2D eigenvalue weighted by Crippen LogP contribution is 2.35. The SMILES string of the molecule is CC.Clc1cc(NCc2ccccc2)c2scc(Cl)c2n1.NC1CCOCC1. The van der Waals surface area contributed by atoms with E-state index in [1.165, 1.54) is 5.56 Å². The van der Waals surface area contributed by atoms with Crippen LogP contribution in [-0.2, 0) is 11.3 Å². The first-order valence-corrected chi connectivity index (χ1v) is 11.1. The van der Waals surface area contributed by atoms with Gasteiger partial charge in [0.15, 0.2) is 0 Å². The molecule has 1 aliphatic heterocycles. The van der Waals surface area contributed by atoms with Crippen molar-refractivity contribution in [3.05, 3.63) is 57.5 Å². The monoisotopic (exact) mass is 439 g/mol. The topological polar surface area (TPSA) is 60.2 Å². The number of thiophene rings is 1. The Morgan fingerprint density at radius 2 is 1.86 bits per heavy atom. The van der Waals surface area contributed by atoms with Crippen molar-refractivity contribution in [3.63, 3.8) is 0 Å². The number of rotatable bonds is 3. The van der Waals surface area contributed by atoms with Gasteiger partial charge in [-0.2, -0.15) is 0 Å². The third-order valence-electron chi connectivity index (χ3n) is 4.04. The molecule has 0 atom stereocenters. The molecule has 28 heavy (non-hydrogen) atoms. The summed E-state index contributed by atoms with van der Waals surface area (Å²) in [6.45, 7) is 6.47. The molecule has 0 amide bonds. The summed E-state index contributed by atoms with van der Waals surface area (Å²) >= 11 is 13.7. The van der Waals surface area contributed by atoms with Crippen molar-refractivity contribution in [3.8, 4) is 0 Å². The van der Waals surface area contributed by atoms with Crippen LogP contribution < -0.4 is 11.1 Å². The van der Waals surface area contributed by atoms with Crippen molar-refractivity contribution in [1.82, 2.24) is 4.98 Å². The maximum absolute atomic E-state index is 6.10. The van der Waals surface area contributed by atoms with Crippen LogP contribution in [0, 0.1) is 0 Å². The lowest BCUT2D eigenvalue weighted by atomic mass is 10.1. The molecule has 1 fully saturated rings. The minimum atomic E-state index is 0.411. The molecule has 0 aliphatic carbocycles. The summed E-state index contributed by atoms with van der Waals surface area (Å²) in [6, 6.07) is 12.4. The molecule has 0 radical (unpaired) electrons. The molecule has 2 aromatic heterocycles. The highest BCUT2D eigenvalue weighted by Gasteiger charge is 2.10. The molecule has 0 saturated carbocycles. The first-order valence-electron chi connectivity index (χ1n) is 9.48. The van der Waals surface area contributed by atoms with E-state index in [0.717, 1.165) is 48.5 Å². The van der Waals surface area contributed by atoms with Crippen molar-refractivity contribution in [2.24, 2.45) is 5.73 Å². The fourth-order valence-corrected chi connectivity index (χ4v) is 3.97. The number of nitrogens with one attached hydrogen (secondary N) is 1. The number of aromatic nitrogens is 1. The minimum absolute atomic E-state index is 0.411. The van der Waals surface area contributed by atoms with Gasteiger partial charge in [-0.05, 0) is 18.4 Å². The molecule has 3 aromatic rings. The molecular formula is C21H27Cl2N3OS. The highest BCUT2D eigenvalue weighted by atomic mass is 35.5. The van der Waals surface area contributed by atoms with Gasteiger partial charge in [-0.1, -0.05) is 67.4 Å². The Kier molecular flexibility index (Phi) is 10.0. The van der Waals surface area contributed by atoms with Crippen molar-refractivity contribution in [2.45, 2.75) is 39.3 Å². The van der Waals surface area contributed by atoms with Crippen LogP contribution in [0.3, 0.4) is 0 Å². The lowest BCUT2D eigenvalue weighted by molar-refractivity contribution is 0.0866. The molecule has 0 bridgehead atoms. The van der Waals surface area contributed by atoms with Gasteiger partial charge >= 0.3 is 0 Å². The van der Waals surface area contributed by atoms with Crippen molar-refractivity contribution in [1.29, 1.82) is 0 Å². The fourth-order valence-electron chi connectivity index (χ4n) is 2.59. The molecule has 4 nitrogen and oxygen atoms in total. The molecule has 0 unspecified atom stereocenters. The number of nitrogens with zero attached hydrogens (tertiary/aromatic N) is 1. The van der Waals surface area contributed by atoms with Crippen LogP contribution >= 0.6 is 34.5 Å². The summed E-state index contributed by atoms with van der Waals surface area (Å²) in [5.41, 5.74) is 8.50. The number of hydrogen-bond donors (Lipinski definition) is 2. The third-order valence-corrected chi connectivity index (χ3v) is 5.65. The van der Waals surface area contributed by atoms with Gasteiger partial charge in [0, 0.05) is 37.2 Å². The van der Waals surface area contributed by atoms with Crippen LogP contribution in [0.4, 0.5) is 5.69 Å². The summed E-state index contributed by atoms with van der Waals surface area (Å²) in [7, 11) is 0. The number of anilines is 1. The number of ether oxygens (including phenoxy) is 1. The molecule has 152 valence electrons. The standard InChI is InChI=1S/C14H10Cl2N2S.C5H11NO.C2H6/c15-10-8-19-14-11(6-12(16)18-13(10)14)17-7-9-4-2-1-3-5-9;6-5-1-3-7-4-2-5;1-2/h1-6,8H,7H2,(H,17,18);5H,1-4,6H2;1-2H3. The maximum atomic E-state index is 6.10. The number of pyridine rings is 1. The van der Waals surface area contributed by atoms with Gasteiger partial charge in [0.2, 0.25) is 0 Å². The lowest BCUT2D eigenvalue weighted by Crippen LogP contribution is -2.28. The van der Waals surface area contributed by atoms with Crippen LogP contribution in [0.2, 0.25) is 10.2 Å². The van der Waals surface area contributed by atoms with E-state index in [1.807, 2.05) is 43.5 Å². The van der Waals surface area contributed by atoms with Gasteiger partial charge in [-0.25, -0.2) is 4.98 Å². The van der Waals surface area contributed by atoms with Crippen LogP contribution in [0.15, 0.2) is 41.8 Å². The molecule has 3 N–H and O–H groups in total. The van der Waals surface area contributed by atoms with Crippen molar-refractivity contribution >= 4 is 50.4 Å². The Morgan fingerprint density at radius 1 is 1.18 bits per heavy atom. The van der Waals surface area contributed by atoms with E-state index in [1.54, 1.807) is 11.3 Å². The van der Waals surface area contributed by atoms with Crippen molar-refractivity contribution < 1.29 is 4.74 Å². The number of hydrogen-bond acceptors (Lipinski definition) is 5. The zero-order chi connectivity index (χ0) is 20.4. The highest BCUT2D eigenvalue weighted by molar-refractivity contribution is 7.18. The number of halogens is 2. The van der Waals surface area contributed by atoms with Gasteiger partial charge in [-0.3, -0.25) is 0 Å². The summed E-state index contributed by atoms with van der Waals surface area (Å²) in [6.07, 6.45) is 2.08. The zero-order valence-electron chi connectivity index (χ0n) is 16.3. The van der Waals surface area contributed by atoms with Gasteiger partial charge in [0.05, 0.1) is 15.4 Å². The molecule has 4 rings (SSSR count). The zero-order valence-corrected chi connectivity index (χ0v) is 18.6. The molecule has 1 saturated heterocycles. The van der Waals surface area contributed by atoms with Crippen LogP contribution in [0.25, 0.3) is 10.2 Å². The Labute approximate surface area is 181 Å². The van der Waals surface area contributed by atoms with E-state index in [4.69, 9.17) is 33.7 Å². The predicted molar refractivity (Wildman–Crippen MR) is 123 cm³/mol. The first kappa shape index (κ1) is 22.9. The largest absolute Gasteiger partial charge is 0.381 e. The van der Waals surface area contributed by atoms with Gasteiger partial charge in [0.25, 0.3) is 0 Å². The molecule has 0 spiro atoms. The first-order chi connectivity index (χ1) is 13.6. The number of benzene rings is 1. The van der Waals surface area contributed by atoms with E-state index in [2.05, 4.69) is 22.4 Å². The second kappa shape index (κ2) is 12.2. The Bertz CT molecular complexity index is 836. The quantitative estimate of drug-likeness (QED) is 0.465. The summed E-state index contributed by atoms with van der Waals surface area (Å²) in [4.78, 5) is 4.25. The van der Waals surface area contributed by atoms with Crippen LogP contribution in [0.1, 0.15) is 32.3 Å². The lowest BCUT2D eigenvalue weighted by Gasteiger charge is -2.16. The van der Waals surface area contributed by atoms with Crippen molar-refractivity contribution in [2.75, 3.05) is 18.5 Å². The second-order valence-electron chi connectivity index (χ2n) is 6.04. The van der Waals surface area contributed by atoms with E-state index < -0.39 is 0 Å². The van der Waals surface area contributed by atoms with E-state index in [-0.39, 0.29) is 0 Å². The molecule has 1 aromatic carbocycles. The molecule has 1 aliphatic rings. The average Bonchev–Trinajstić information content (AvgIpc) is 3.10. The van der Waals surface area contributed by atoms with Crippen LogP contribution in [0.5, 0.6) is 0 Å². The predicted octanol–water partition coefficient (Wildman–Crippen LogP) is 6.37. The van der Waals surface area contributed by atoms with Gasteiger partial charge < -0.3 is 15.8 Å². The number of fused-ring (bicyclic) bond motifs is 1. The third kappa shape index (κ3) is 6.90. The second-order valence-corrected chi connectivity index (χ2v) is 7.72. The minimum Gasteiger partial charge on any atom is -0.381 e. The average molecular weight is 440 g/mol. The Balaban J connectivity index is 0.000000261. The van der Waals surface area contributed by atoms with Gasteiger partial charge in [-0.15, -0.1) is 11.3 Å².